The smallest absolute Gasteiger partial charge is 0.0467 e. The van der Waals surface area contributed by atoms with Crippen molar-refractivity contribution in [2.45, 2.75) is 37.1 Å². The molecule has 2 N–H and O–H groups in total. The molecular weight excluding hydrogens is 240 g/mol. The Morgan fingerprint density at radius 1 is 1.22 bits per heavy atom. The second kappa shape index (κ2) is 8.57. The first-order valence-corrected chi connectivity index (χ1v) is 7.99. The van der Waals surface area contributed by atoms with Gasteiger partial charge in [-0.25, -0.2) is 0 Å². The molecule has 0 radical (unpaired) electrons. The SMILES string of the molecule is CCCCCN(C)C(CN)c1ccc(SC)cc1. The third kappa shape index (κ3) is 4.63. The molecule has 0 saturated heterocycles. The maximum Gasteiger partial charge on any atom is 0.0467 e. The van der Waals surface area contributed by atoms with Crippen LogP contribution in [0.3, 0.4) is 0 Å². The molecule has 1 atom stereocenters. The Labute approximate surface area is 116 Å². The molecule has 1 unspecified atom stereocenters. The zero-order chi connectivity index (χ0) is 13.4. The number of hydrogen-bond acceptors (Lipinski definition) is 3. The van der Waals surface area contributed by atoms with Crippen LogP contribution in [0.2, 0.25) is 0 Å². The molecule has 0 aliphatic rings. The van der Waals surface area contributed by atoms with Crippen molar-refractivity contribution >= 4 is 11.8 Å². The highest BCUT2D eigenvalue weighted by Gasteiger charge is 2.14. The summed E-state index contributed by atoms with van der Waals surface area (Å²) in [5, 5.41) is 0. The monoisotopic (exact) mass is 266 g/mol. The van der Waals surface area contributed by atoms with Crippen molar-refractivity contribution in [2.24, 2.45) is 5.73 Å². The minimum absolute atomic E-state index is 0.345. The van der Waals surface area contributed by atoms with Crippen molar-refractivity contribution in [1.29, 1.82) is 0 Å². The number of benzene rings is 1. The van der Waals surface area contributed by atoms with Gasteiger partial charge in [0, 0.05) is 17.5 Å². The lowest BCUT2D eigenvalue weighted by molar-refractivity contribution is 0.245. The molecule has 0 bridgehead atoms. The molecule has 1 aromatic rings. The summed E-state index contributed by atoms with van der Waals surface area (Å²) in [7, 11) is 2.18. The maximum atomic E-state index is 5.93. The first-order valence-electron chi connectivity index (χ1n) is 6.77. The molecule has 2 nitrogen and oxygen atoms in total. The second-order valence-electron chi connectivity index (χ2n) is 4.71. The molecule has 18 heavy (non-hydrogen) atoms. The zero-order valence-corrected chi connectivity index (χ0v) is 12.7. The van der Waals surface area contributed by atoms with Gasteiger partial charge in [-0.2, -0.15) is 0 Å². The Hall–Kier alpha value is -0.510. The molecule has 0 aliphatic heterocycles. The zero-order valence-electron chi connectivity index (χ0n) is 11.9. The fourth-order valence-electron chi connectivity index (χ4n) is 2.16. The van der Waals surface area contributed by atoms with E-state index in [9.17, 15) is 0 Å². The number of thioether (sulfide) groups is 1. The van der Waals surface area contributed by atoms with Crippen molar-refractivity contribution in [2.75, 3.05) is 26.4 Å². The van der Waals surface area contributed by atoms with Crippen LogP contribution in [0, 0.1) is 0 Å². The topological polar surface area (TPSA) is 29.3 Å². The Morgan fingerprint density at radius 2 is 1.89 bits per heavy atom. The number of likely N-dealkylation sites (N-methyl/N-ethyl adjacent to an activating group) is 1. The lowest BCUT2D eigenvalue weighted by Gasteiger charge is -2.27. The van der Waals surface area contributed by atoms with E-state index in [0.29, 0.717) is 12.6 Å². The average Bonchev–Trinajstić information content (AvgIpc) is 2.41. The van der Waals surface area contributed by atoms with Gasteiger partial charge in [0.25, 0.3) is 0 Å². The standard InChI is InChI=1S/C15H26N2S/c1-4-5-6-11-17(2)15(12-16)13-7-9-14(18-3)10-8-13/h7-10,15H,4-6,11-12,16H2,1-3H3. The van der Waals surface area contributed by atoms with Crippen molar-refractivity contribution in [1.82, 2.24) is 4.90 Å². The summed E-state index contributed by atoms with van der Waals surface area (Å²) >= 11 is 1.78. The third-order valence-corrected chi connectivity index (χ3v) is 4.11. The predicted octanol–water partition coefficient (Wildman–Crippen LogP) is 3.53. The Balaban J connectivity index is 2.62. The van der Waals surface area contributed by atoms with Gasteiger partial charge in [-0.15, -0.1) is 11.8 Å². The molecule has 1 rings (SSSR count). The van der Waals surface area contributed by atoms with Crippen molar-refractivity contribution < 1.29 is 0 Å². The summed E-state index contributed by atoms with van der Waals surface area (Å²) < 4.78 is 0. The van der Waals surface area contributed by atoms with Crippen molar-refractivity contribution in [3.8, 4) is 0 Å². The van der Waals surface area contributed by atoms with Crippen molar-refractivity contribution in [3.05, 3.63) is 29.8 Å². The summed E-state index contributed by atoms with van der Waals surface area (Å²) in [5.41, 5.74) is 7.26. The number of hydrogen-bond donors (Lipinski definition) is 1. The highest BCUT2D eigenvalue weighted by Crippen LogP contribution is 2.22. The minimum atomic E-state index is 0.345. The summed E-state index contributed by atoms with van der Waals surface area (Å²) in [5.74, 6) is 0. The van der Waals surface area contributed by atoms with E-state index in [1.54, 1.807) is 11.8 Å². The number of nitrogens with zero attached hydrogens (tertiary/aromatic N) is 1. The van der Waals surface area contributed by atoms with Gasteiger partial charge >= 0.3 is 0 Å². The number of unbranched alkanes of at least 4 members (excludes halogenated alkanes) is 2. The first-order chi connectivity index (χ1) is 8.72. The highest BCUT2D eigenvalue weighted by molar-refractivity contribution is 7.98. The quantitative estimate of drug-likeness (QED) is 0.576. The second-order valence-corrected chi connectivity index (χ2v) is 5.59. The van der Waals surface area contributed by atoms with Crippen LogP contribution in [0.1, 0.15) is 37.8 Å². The van der Waals surface area contributed by atoms with Crippen LogP contribution in [0.5, 0.6) is 0 Å². The molecule has 0 heterocycles. The van der Waals surface area contributed by atoms with Gasteiger partial charge in [-0.1, -0.05) is 31.9 Å². The predicted molar refractivity (Wildman–Crippen MR) is 82.2 cm³/mol. The van der Waals surface area contributed by atoms with E-state index in [1.165, 1.54) is 29.7 Å². The van der Waals surface area contributed by atoms with E-state index in [0.717, 1.165) is 6.54 Å². The van der Waals surface area contributed by atoms with Crippen LogP contribution in [-0.4, -0.2) is 31.3 Å². The van der Waals surface area contributed by atoms with Gasteiger partial charge in [0.1, 0.15) is 0 Å². The van der Waals surface area contributed by atoms with Crippen LogP contribution in [0.15, 0.2) is 29.2 Å². The fourth-order valence-corrected chi connectivity index (χ4v) is 2.57. The normalized spacial score (nSPS) is 12.9. The van der Waals surface area contributed by atoms with Gasteiger partial charge in [0.05, 0.1) is 0 Å². The van der Waals surface area contributed by atoms with Gasteiger partial charge in [0.15, 0.2) is 0 Å². The molecule has 3 heteroatoms. The molecule has 0 aromatic heterocycles. The number of rotatable bonds is 8. The first kappa shape index (κ1) is 15.5. The highest BCUT2D eigenvalue weighted by atomic mass is 32.2. The van der Waals surface area contributed by atoms with E-state index >= 15 is 0 Å². The van der Waals surface area contributed by atoms with Gasteiger partial charge in [-0.3, -0.25) is 4.90 Å². The van der Waals surface area contributed by atoms with Crippen LogP contribution >= 0.6 is 11.8 Å². The molecule has 1 aromatic carbocycles. The van der Waals surface area contributed by atoms with E-state index in [-0.39, 0.29) is 0 Å². The van der Waals surface area contributed by atoms with Crippen LogP contribution in [-0.2, 0) is 0 Å². The van der Waals surface area contributed by atoms with E-state index in [1.807, 2.05) is 0 Å². The van der Waals surface area contributed by atoms with Crippen LogP contribution < -0.4 is 5.73 Å². The van der Waals surface area contributed by atoms with Gasteiger partial charge in [0.2, 0.25) is 0 Å². The van der Waals surface area contributed by atoms with Crippen molar-refractivity contribution in [3.63, 3.8) is 0 Å². The molecular formula is C15H26N2S. The summed E-state index contributed by atoms with van der Waals surface area (Å²) in [6.45, 7) is 4.04. The molecule has 102 valence electrons. The van der Waals surface area contributed by atoms with E-state index in [2.05, 4.69) is 49.4 Å². The minimum Gasteiger partial charge on any atom is -0.329 e. The molecule has 0 spiro atoms. The molecule has 0 amide bonds. The molecule has 0 fully saturated rings. The van der Waals surface area contributed by atoms with Gasteiger partial charge < -0.3 is 5.73 Å². The van der Waals surface area contributed by atoms with Crippen LogP contribution in [0.25, 0.3) is 0 Å². The lowest BCUT2D eigenvalue weighted by Crippen LogP contribution is -2.31. The lowest BCUT2D eigenvalue weighted by atomic mass is 10.1. The Kier molecular flexibility index (Phi) is 7.40. The van der Waals surface area contributed by atoms with E-state index in [4.69, 9.17) is 5.73 Å². The summed E-state index contributed by atoms with van der Waals surface area (Å²) in [4.78, 5) is 3.69. The summed E-state index contributed by atoms with van der Waals surface area (Å²) in [6, 6.07) is 9.13. The average molecular weight is 266 g/mol. The maximum absolute atomic E-state index is 5.93. The fraction of sp³-hybridized carbons (Fsp3) is 0.600. The van der Waals surface area contributed by atoms with E-state index < -0.39 is 0 Å². The molecule has 0 aliphatic carbocycles. The number of nitrogens with two attached hydrogens (primary N) is 1. The summed E-state index contributed by atoms with van der Waals surface area (Å²) in [6.07, 6.45) is 5.93. The Morgan fingerprint density at radius 3 is 2.39 bits per heavy atom. The third-order valence-electron chi connectivity index (χ3n) is 3.37. The van der Waals surface area contributed by atoms with Crippen LogP contribution in [0.4, 0.5) is 0 Å². The largest absolute Gasteiger partial charge is 0.329 e. The molecule has 0 saturated carbocycles. The van der Waals surface area contributed by atoms with Gasteiger partial charge in [-0.05, 0) is 44.0 Å². The Bertz CT molecular complexity index is 324.